The normalized spacial score (nSPS) is 13.0. The molecule has 0 spiro atoms. The molecule has 17 heavy (non-hydrogen) atoms. The summed E-state index contributed by atoms with van der Waals surface area (Å²) in [6, 6.07) is 2.03. The third-order valence-corrected chi connectivity index (χ3v) is 3.10. The fourth-order valence-corrected chi connectivity index (χ4v) is 1.75. The lowest BCUT2D eigenvalue weighted by Crippen LogP contribution is -2.21. The first-order valence-electron chi connectivity index (χ1n) is 5.07. The second-order valence-electron chi connectivity index (χ2n) is 3.40. The zero-order valence-electron chi connectivity index (χ0n) is 9.83. The number of hydrogen-bond donors (Lipinski definition) is 0. The summed E-state index contributed by atoms with van der Waals surface area (Å²) in [5.41, 5.74) is 0. The van der Waals surface area contributed by atoms with E-state index < -0.39 is 16.3 Å². The van der Waals surface area contributed by atoms with E-state index in [2.05, 4.69) is 21.5 Å². The molecule has 0 aliphatic carbocycles. The lowest BCUT2D eigenvalue weighted by atomic mass is 9.88. The van der Waals surface area contributed by atoms with E-state index in [0.717, 1.165) is 7.11 Å². The van der Waals surface area contributed by atoms with E-state index in [0.29, 0.717) is 12.8 Å². The molecule has 0 rings (SSSR count). The maximum Gasteiger partial charge on any atom is 0.399 e. The molecule has 0 aromatic rings. The van der Waals surface area contributed by atoms with Crippen LogP contribution in [0.1, 0.15) is 12.8 Å². The van der Waals surface area contributed by atoms with Gasteiger partial charge in [0.05, 0.1) is 25.7 Å². The Morgan fingerprint density at radius 1 is 1.35 bits per heavy atom. The quantitative estimate of drug-likeness (QED) is 0.590. The van der Waals surface area contributed by atoms with Crippen LogP contribution >= 0.6 is 0 Å². The molecule has 0 aliphatic rings. The summed E-state index contributed by atoms with van der Waals surface area (Å²) in [6.45, 7) is 6.97. The monoisotopic (exact) mass is 259 g/mol. The van der Waals surface area contributed by atoms with Gasteiger partial charge in [0, 0.05) is 0 Å². The molecule has 96 valence electrons. The lowest BCUT2D eigenvalue weighted by Gasteiger charge is -2.18. The van der Waals surface area contributed by atoms with Crippen LogP contribution < -0.4 is 0 Å². The average Bonchev–Trinajstić information content (AvgIpc) is 2.30. The molecule has 0 aromatic carbocycles. The SMILES string of the molecule is C=CCC(CC=C)C(C#N)COS(=O)(=O)OC. The van der Waals surface area contributed by atoms with Gasteiger partial charge < -0.3 is 0 Å². The minimum absolute atomic E-state index is 0.0537. The van der Waals surface area contributed by atoms with Gasteiger partial charge in [-0.15, -0.1) is 13.2 Å². The van der Waals surface area contributed by atoms with Crippen molar-refractivity contribution in [3.8, 4) is 6.07 Å². The fourth-order valence-electron chi connectivity index (χ4n) is 1.34. The number of nitriles is 1. The smallest absolute Gasteiger partial charge is 0.252 e. The Bertz CT molecular complexity index is 373. The van der Waals surface area contributed by atoms with Gasteiger partial charge in [-0.3, -0.25) is 4.18 Å². The molecule has 1 unspecified atom stereocenters. The Hall–Kier alpha value is -1.16. The highest BCUT2D eigenvalue weighted by atomic mass is 32.3. The maximum absolute atomic E-state index is 11.0. The summed E-state index contributed by atoms with van der Waals surface area (Å²) in [7, 11) is -2.99. The molecule has 0 saturated carbocycles. The predicted octanol–water partition coefficient (Wildman–Crippen LogP) is 1.80. The van der Waals surface area contributed by atoms with E-state index in [4.69, 9.17) is 5.26 Å². The van der Waals surface area contributed by atoms with Gasteiger partial charge in [-0.05, 0) is 18.8 Å². The molecule has 0 aromatic heterocycles. The van der Waals surface area contributed by atoms with Crippen LogP contribution in [-0.2, 0) is 18.8 Å². The topological polar surface area (TPSA) is 76.4 Å². The molecule has 0 saturated heterocycles. The Kier molecular flexibility index (Phi) is 7.46. The van der Waals surface area contributed by atoms with Crippen LogP contribution in [0.2, 0.25) is 0 Å². The van der Waals surface area contributed by atoms with Crippen molar-refractivity contribution in [2.75, 3.05) is 13.7 Å². The molecule has 0 aliphatic heterocycles. The van der Waals surface area contributed by atoms with E-state index in [1.807, 2.05) is 6.07 Å². The number of hydrogen-bond acceptors (Lipinski definition) is 5. The van der Waals surface area contributed by atoms with Crippen molar-refractivity contribution in [1.82, 2.24) is 0 Å². The van der Waals surface area contributed by atoms with Crippen molar-refractivity contribution in [3.63, 3.8) is 0 Å². The van der Waals surface area contributed by atoms with Crippen LogP contribution in [0.4, 0.5) is 0 Å². The van der Waals surface area contributed by atoms with Crippen molar-refractivity contribution in [3.05, 3.63) is 25.3 Å². The maximum atomic E-state index is 11.0. The Balaban J connectivity index is 4.54. The second kappa shape index (κ2) is 8.01. The van der Waals surface area contributed by atoms with E-state index in [9.17, 15) is 8.42 Å². The summed E-state index contributed by atoms with van der Waals surface area (Å²) >= 11 is 0. The van der Waals surface area contributed by atoms with Gasteiger partial charge in [-0.2, -0.15) is 13.7 Å². The van der Waals surface area contributed by atoms with E-state index >= 15 is 0 Å². The predicted molar refractivity (Wildman–Crippen MR) is 64.1 cm³/mol. The number of rotatable bonds is 9. The van der Waals surface area contributed by atoms with Gasteiger partial charge in [0.25, 0.3) is 0 Å². The summed E-state index contributed by atoms with van der Waals surface area (Å²) < 4.78 is 30.6. The van der Waals surface area contributed by atoms with Crippen molar-refractivity contribution in [2.45, 2.75) is 12.8 Å². The third kappa shape index (κ3) is 6.22. The van der Waals surface area contributed by atoms with Crippen molar-refractivity contribution < 1.29 is 16.8 Å². The molecule has 0 amide bonds. The molecular formula is C11H17NO4S. The second-order valence-corrected chi connectivity index (χ2v) is 4.79. The van der Waals surface area contributed by atoms with Gasteiger partial charge >= 0.3 is 10.4 Å². The Morgan fingerprint density at radius 3 is 2.24 bits per heavy atom. The Labute approximate surface area is 103 Å². The highest BCUT2D eigenvalue weighted by Crippen LogP contribution is 2.21. The van der Waals surface area contributed by atoms with Crippen LogP contribution in [-0.4, -0.2) is 22.1 Å². The summed E-state index contributed by atoms with van der Waals surface area (Å²) in [5, 5.41) is 8.99. The third-order valence-electron chi connectivity index (χ3n) is 2.27. The average molecular weight is 259 g/mol. The standard InChI is InChI=1S/C11H17NO4S/c1-4-6-10(7-5-2)11(8-12)9-16-17(13,14)15-3/h4-5,10-11H,1-2,6-7,9H2,3H3. The highest BCUT2D eigenvalue weighted by molar-refractivity contribution is 7.81. The molecule has 1 atom stereocenters. The lowest BCUT2D eigenvalue weighted by molar-refractivity contribution is 0.198. The van der Waals surface area contributed by atoms with Crippen LogP contribution in [0.3, 0.4) is 0 Å². The minimum Gasteiger partial charge on any atom is -0.252 e. The van der Waals surface area contributed by atoms with E-state index in [-0.39, 0.29) is 12.5 Å². The molecule has 0 fully saturated rings. The summed E-state index contributed by atoms with van der Waals surface area (Å²) in [6.07, 6.45) is 4.56. The van der Waals surface area contributed by atoms with E-state index in [1.165, 1.54) is 0 Å². The molecule has 5 nitrogen and oxygen atoms in total. The van der Waals surface area contributed by atoms with Crippen LogP contribution in [0.15, 0.2) is 25.3 Å². The largest absolute Gasteiger partial charge is 0.399 e. The van der Waals surface area contributed by atoms with Crippen molar-refractivity contribution in [1.29, 1.82) is 5.26 Å². The first-order chi connectivity index (χ1) is 8.00. The highest BCUT2D eigenvalue weighted by Gasteiger charge is 2.22. The summed E-state index contributed by atoms with van der Waals surface area (Å²) in [5.74, 6) is -0.599. The number of nitrogens with zero attached hydrogens (tertiary/aromatic N) is 1. The molecular weight excluding hydrogens is 242 g/mol. The van der Waals surface area contributed by atoms with Crippen LogP contribution in [0.5, 0.6) is 0 Å². The minimum atomic E-state index is -3.99. The molecule has 0 radical (unpaired) electrons. The zero-order valence-corrected chi connectivity index (χ0v) is 10.6. The number of allylic oxidation sites excluding steroid dienone is 2. The molecule has 0 N–H and O–H groups in total. The fraction of sp³-hybridized carbons (Fsp3) is 0.545. The summed E-state index contributed by atoms with van der Waals surface area (Å²) in [4.78, 5) is 0. The van der Waals surface area contributed by atoms with Gasteiger partial charge in [0.1, 0.15) is 0 Å². The van der Waals surface area contributed by atoms with Crippen molar-refractivity contribution in [2.24, 2.45) is 11.8 Å². The molecule has 0 heterocycles. The first kappa shape index (κ1) is 15.8. The molecule has 0 bridgehead atoms. The van der Waals surface area contributed by atoms with Gasteiger partial charge in [0.15, 0.2) is 0 Å². The van der Waals surface area contributed by atoms with E-state index in [1.54, 1.807) is 12.2 Å². The van der Waals surface area contributed by atoms with Gasteiger partial charge in [-0.25, -0.2) is 4.18 Å². The first-order valence-corrected chi connectivity index (χ1v) is 6.40. The van der Waals surface area contributed by atoms with Gasteiger partial charge in [0.2, 0.25) is 0 Å². The van der Waals surface area contributed by atoms with Gasteiger partial charge in [-0.1, -0.05) is 12.2 Å². The van der Waals surface area contributed by atoms with Crippen molar-refractivity contribution >= 4 is 10.4 Å². The van der Waals surface area contributed by atoms with Crippen LogP contribution in [0, 0.1) is 23.2 Å². The molecule has 6 heteroatoms. The zero-order chi connectivity index (χ0) is 13.3. The Morgan fingerprint density at radius 2 is 1.88 bits per heavy atom. The van der Waals surface area contributed by atoms with Crippen LogP contribution in [0.25, 0.3) is 0 Å².